The summed E-state index contributed by atoms with van der Waals surface area (Å²) in [4.78, 5) is 20.6. The number of ether oxygens (including phenoxy) is 1. The molecule has 2 aromatic rings. The quantitative estimate of drug-likeness (QED) is 0.937. The standard InChI is InChI=1S/C16H17N3O2/c1-10-3-6-15(21-2)13(7-10)19-16(20)14-8-12(11-4-5-11)17-9-18-14/h3,6-9,11H,4-5H2,1-2H3,(H,19,20). The van der Waals surface area contributed by atoms with Crippen LogP contribution in [-0.2, 0) is 0 Å². The molecule has 108 valence electrons. The van der Waals surface area contributed by atoms with E-state index in [1.807, 2.05) is 25.1 Å². The van der Waals surface area contributed by atoms with Gasteiger partial charge in [0.1, 0.15) is 17.8 Å². The Bertz CT molecular complexity index is 681. The van der Waals surface area contributed by atoms with Crippen LogP contribution in [0.2, 0.25) is 0 Å². The van der Waals surface area contributed by atoms with Gasteiger partial charge in [0, 0.05) is 11.6 Å². The van der Waals surface area contributed by atoms with Crippen LogP contribution in [0.4, 0.5) is 5.69 Å². The highest BCUT2D eigenvalue weighted by Crippen LogP contribution is 2.38. The average molecular weight is 283 g/mol. The minimum absolute atomic E-state index is 0.247. The zero-order valence-electron chi connectivity index (χ0n) is 12.1. The highest BCUT2D eigenvalue weighted by Gasteiger charge is 2.26. The number of nitrogens with one attached hydrogen (secondary N) is 1. The molecular weight excluding hydrogens is 266 g/mol. The van der Waals surface area contributed by atoms with Gasteiger partial charge in [-0.3, -0.25) is 4.79 Å². The summed E-state index contributed by atoms with van der Waals surface area (Å²) in [6.45, 7) is 1.96. The number of carbonyl (C=O) groups excluding carboxylic acids is 1. The normalized spacial score (nSPS) is 13.8. The average Bonchev–Trinajstić information content (AvgIpc) is 3.32. The molecule has 21 heavy (non-hydrogen) atoms. The Hall–Kier alpha value is -2.43. The van der Waals surface area contributed by atoms with Crippen LogP contribution in [0.15, 0.2) is 30.6 Å². The summed E-state index contributed by atoms with van der Waals surface area (Å²) < 4.78 is 5.26. The van der Waals surface area contributed by atoms with Crippen molar-refractivity contribution in [3.8, 4) is 5.75 Å². The molecule has 1 aliphatic rings. The van der Waals surface area contributed by atoms with Crippen LogP contribution in [0.5, 0.6) is 5.75 Å². The Balaban J connectivity index is 1.82. The predicted octanol–water partition coefficient (Wildman–Crippen LogP) is 2.92. The second-order valence-corrected chi connectivity index (χ2v) is 5.26. The van der Waals surface area contributed by atoms with Crippen LogP contribution in [0.1, 0.15) is 40.5 Å². The molecule has 0 aliphatic heterocycles. The van der Waals surface area contributed by atoms with E-state index < -0.39 is 0 Å². The van der Waals surface area contributed by atoms with E-state index in [1.54, 1.807) is 13.2 Å². The van der Waals surface area contributed by atoms with E-state index in [-0.39, 0.29) is 5.91 Å². The Labute approximate surface area is 123 Å². The summed E-state index contributed by atoms with van der Waals surface area (Å²) in [7, 11) is 1.58. The Morgan fingerprint density at radius 2 is 2.10 bits per heavy atom. The fourth-order valence-electron chi connectivity index (χ4n) is 2.20. The lowest BCUT2D eigenvalue weighted by Crippen LogP contribution is -2.15. The third-order valence-corrected chi connectivity index (χ3v) is 3.52. The van der Waals surface area contributed by atoms with Gasteiger partial charge in [-0.1, -0.05) is 6.07 Å². The number of nitrogens with zero attached hydrogens (tertiary/aromatic N) is 2. The van der Waals surface area contributed by atoms with Crippen molar-refractivity contribution < 1.29 is 9.53 Å². The highest BCUT2D eigenvalue weighted by molar-refractivity contribution is 6.03. The van der Waals surface area contributed by atoms with Crippen LogP contribution in [0.3, 0.4) is 0 Å². The lowest BCUT2D eigenvalue weighted by molar-refractivity contribution is 0.102. The Morgan fingerprint density at radius 3 is 2.81 bits per heavy atom. The van der Waals surface area contributed by atoms with Crippen molar-refractivity contribution in [1.29, 1.82) is 0 Å². The third kappa shape index (κ3) is 3.02. The molecule has 1 N–H and O–H groups in total. The van der Waals surface area contributed by atoms with Gasteiger partial charge in [-0.05, 0) is 43.5 Å². The van der Waals surface area contributed by atoms with Crippen molar-refractivity contribution in [3.63, 3.8) is 0 Å². The number of aromatic nitrogens is 2. The van der Waals surface area contributed by atoms with Gasteiger partial charge in [-0.25, -0.2) is 9.97 Å². The molecule has 0 bridgehead atoms. The highest BCUT2D eigenvalue weighted by atomic mass is 16.5. The van der Waals surface area contributed by atoms with Crippen molar-refractivity contribution in [3.05, 3.63) is 47.5 Å². The van der Waals surface area contributed by atoms with Crippen molar-refractivity contribution in [2.75, 3.05) is 12.4 Å². The summed E-state index contributed by atoms with van der Waals surface area (Å²) in [6.07, 6.45) is 3.74. The number of benzene rings is 1. The molecule has 1 fully saturated rings. The SMILES string of the molecule is COc1ccc(C)cc1NC(=O)c1cc(C2CC2)ncn1. The topological polar surface area (TPSA) is 64.1 Å². The zero-order valence-corrected chi connectivity index (χ0v) is 12.1. The van der Waals surface area contributed by atoms with Crippen molar-refractivity contribution in [2.45, 2.75) is 25.7 Å². The van der Waals surface area contributed by atoms with Gasteiger partial charge in [-0.15, -0.1) is 0 Å². The number of carbonyl (C=O) groups is 1. The fraction of sp³-hybridized carbons (Fsp3) is 0.312. The monoisotopic (exact) mass is 283 g/mol. The van der Waals surface area contributed by atoms with E-state index in [0.717, 1.165) is 24.1 Å². The maximum Gasteiger partial charge on any atom is 0.274 e. The maximum atomic E-state index is 12.3. The first kappa shape index (κ1) is 13.5. The van der Waals surface area contributed by atoms with E-state index in [9.17, 15) is 4.79 Å². The molecule has 1 aromatic carbocycles. The molecule has 1 aliphatic carbocycles. The number of aryl methyl sites for hydroxylation is 1. The van der Waals surface area contributed by atoms with Gasteiger partial charge in [0.25, 0.3) is 5.91 Å². The fourth-order valence-corrected chi connectivity index (χ4v) is 2.20. The Kier molecular flexibility index (Phi) is 3.56. The van der Waals surface area contributed by atoms with Crippen molar-refractivity contribution >= 4 is 11.6 Å². The smallest absolute Gasteiger partial charge is 0.274 e. The van der Waals surface area contributed by atoms with Gasteiger partial charge >= 0.3 is 0 Å². The number of anilines is 1. The first-order chi connectivity index (χ1) is 10.2. The number of methoxy groups -OCH3 is 1. The molecule has 1 amide bonds. The number of hydrogen-bond donors (Lipinski definition) is 1. The van der Waals surface area contributed by atoms with E-state index in [4.69, 9.17) is 4.74 Å². The molecule has 1 heterocycles. The molecule has 0 atom stereocenters. The molecule has 0 spiro atoms. The minimum Gasteiger partial charge on any atom is -0.495 e. The summed E-state index contributed by atoms with van der Waals surface area (Å²) in [5, 5.41) is 2.85. The lowest BCUT2D eigenvalue weighted by atomic mass is 10.2. The lowest BCUT2D eigenvalue weighted by Gasteiger charge is -2.11. The number of hydrogen-bond acceptors (Lipinski definition) is 4. The number of amides is 1. The maximum absolute atomic E-state index is 12.3. The first-order valence-electron chi connectivity index (χ1n) is 6.95. The molecule has 3 rings (SSSR count). The van der Waals surface area contributed by atoms with Crippen LogP contribution < -0.4 is 10.1 Å². The molecule has 0 radical (unpaired) electrons. The molecule has 5 heteroatoms. The second-order valence-electron chi connectivity index (χ2n) is 5.26. The third-order valence-electron chi connectivity index (χ3n) is 3.52. The van der Waals surface area contributed by atoms with Gasteiger partial charge in [0.2, 0.25) is 0 Å². The summed E-state index contributed by atoms with van der Waals surface area (Å²) >= 11 is 0. The second kappa shape index (κ2) is 5.52. The van der Waals surface area contributed by atoms with E-state index >= 15 is 0 Å². The van der Waals surface area contributed by atoms with E-state index in [0.29, 0.717) is 23.0 Å². The Morgan fingerprint density at radius 1 is 1.29 bits per heavy atom. The predicted molar refractivity (Wildman–Crippen MR) is 79.7 cm³/mol. The van der Waals surface area contributed by atoms with E-state index in [1.165, 1.54) is 6.33 Å². The van der Waals surface area contributed by atoms with E-state index in [2.05, 4.69) is 15.3 Å². The van der Waals surface area contributed by atoms with Crippen LogP contribution in [-0.4, -0.2) is 23.0 Å². The van der Waals surface area contributed by atoms with Gasteiger partial charge in [-0.2, -0.15) is 0 Å². The van der Waals surface area contributed by atoms with Gasteiger partial charge in [0.15, 0.2) is 0 Å². The molecule has 5 nitrogen and oxygen atoms in total. The van der Waals surface area contributed by atoms with Crippen LogP contribution in [0, 0.1) is 6.92 Å². The molecular formula is C16H17N3O2. The zero-order chi connectivity index (χ0) is 14.8. The van der Waals surface area contributed by atoms with Gasteiger partial charge in [0.05, 0.1) is 12.8 Å². The molecule has 1 saturated carbocycles. The first-order valence-corrected chi connectivity index (χ1v) is 6.95. The molecule has 1 aromatic heterocycles. The largest absolute Gasteiger partial charge is 0.495 e. The number of rotatable bonds is 4. The molecule has 0 saturated heterocycles. The molecule has 0 unspecified atom stereocenters. The van der Waals surface area contributed by atoms with Gasteiger partial charge < -0.3 is 10.1 Å². The summed E-state index contributed by atoms with van der Waals surface area (Å²) in [5.41, 5.74) is 3.03. The summed E-state index contributed by atoms with van der Waals surface area (Å²) in [5.74, 6) is 0.877. The minimum atomic E-state index is -0.247. The summed E-state index contributed by atoms with van der Waals surface area (Å²) in [6, 6.07) is 7.42. The van der Waals surface area contributed by atoms with Crippen LogP contribution >= 0.6 is 0 Å². The van der Waals surface area contributed by atoms with Crippen LogP contribution in [0.25, 0.3) is 0 Å². The van der Waals surface area contributed by atoms with Crippen molar-refractivity contribution in [1.82, 2.24) is 9.97 Å². The van der Waals surface area contributed by atoms with Crippen molar-refractivity contribution in [2.24, 2.45) is 0 Å².